The van der Waals surface area contributed by atoms with Crippen LogP contribution < -0.4 is 5.32 Å². The molecule has 0 spiro atoms. The van der Waals surface area contributed by atoms with Crippen LogP contribution in [-0.2, 0) is 4.79 Å². The van der Waals surface area contributed by atoms with Crippen molar-refractivity contribution in [2.24, 2.45) is 0 Å². The van der Waals surface area contributed by atoms with Crippen LogP contribution in [0.5, 0.6) is 0 Å². The lowest BCUT2D eigenvalue weighted by molar-refractivity contribution is -0.113. The second-order valence-corrected chi connectivity index (χ2v) is 6.77. The predicted octanol–water partition coefficient (Wildman–Crippen LogP) is 4.39. The van der Waals surface area contributed by atoms with Gasteiger partial charge >= 0.3 is 0 Å². The van der Waals surface area contributed by atoms with Gasteiger partial charge in [-0.2, -0.15) is 0 Å². The quantitative estimate of drug-likeness (QED) is 0.880. The molecule has 0 radical (unpaired) electrons. The van der Waals surface area contributed by atoms with Crippen LogP contribution in [0.3, 0.4) is 0 Å². The standard InChI is InChI=1S/C17H14BrNOS/c1-19-17-14(12-8-5-9-13(18)10-12)15(20)16(21-17)11-6-3-2-4-7-11/h2-10,16,19H,1H3. The molecule has 0 saturated carbocycles. The molecule has 0 aromatic heterocycles. The third kappa shape index (κ3) is 2.78. The highest BCUT2D eigenvalue weighted by Crippen LogP contribution is 2.47. The van der Waals surface area contributed by atoms with Crippen LogP contribution in [0.4, 0.5) is 0 Å². The largest absolute Gasteiger partial charge is 0.382 e. The average molecular weight is 360 g/mol. The Hall–Kier alpha value is -1.52. The number of nitrogens with one attached hydrogen (secondary N) is 1. The van der Waals surface area contributed by atoms with E-state index in [2.05, 4.69) is 21.2 Å². The van der Waals surface area contributed by atoms with Crippen molar-refractivity contribution in [3.63, 3.8) is 0 Å². The van der Waals surface area contributed by atoms with Gasteiger partial charge in [-0.15, -0.1) is 0 Å². The minimum Gasteiger partial charge on any atom is -0.382 e. The second-order valence-electron chi connectivity index (χ2n) is 4.74. The van der Waals surface area contributed by atoms with Crippen molar-refractivity contribution in [2.75, 3.05) is 7.05 Å². The van der Waals surface area contributed by atoms with E-state index in [4.69, 9.17) is 0 Å². The molecule has 0 bridgehead atoms. The second kappa shape index (κ2) is 6.08. The van der Waals surface area contributed by atoms with Gasteiger partial charge < -0.3 is 5.32 Å². The minimum absolute atomic E-state index is 0.161. The molecule has 1 N–H and O–H groups in total. The number of halogens is 1. The van der Waals surface area contributed by atoms with Crippen molar-refractivity contribution in [3.8, 4) is 0 Å². The van der Waals surface area contributed by atoms with Gasteiger partial charge in [0.25, 0.3) is 0 Å². The van der Waals surface area contributed by atoms with Crippen LogP contribution in [0.2, 0.25) is 0 Å². The van der Waals surface area contributed by atoms with E-state index in [1.807, 2.05) is 61.6 Å². The zero-order valence-electron chi connectivity index (χ0n) is 11.5. The molecule has 1 heterocycles. The topological polar surface area (TPSA) is 29.1 Å². The van der Waals surface area contributed by atoms with Crippen LogP contribution in [0, 0.1) is 0 Å². The molecule has 106 valence electrons. The molecule has 0 saturated heterocycles. The molecule has 0 fully saturated rings. The monoisotopic (exact) mass is 359 g/mol. The summed E-state index contributed by atoms with van der Waals surface area (Å²) in [6, 6.07) is 17.8. The summed E-state index contributed by atoms with van der Waals surface area (Å²) in [5.74, 6) is 0.161. The van der Waals surface area contributed by atoms with E-state index < -0.39 is 0 Å². The van der Waals surface area contributed by atoms with Crippen molar-refractivity contribution in [1.82, 2.24) is 5.32 Å². The molecule has 2 aromatic rings. The summed E-state index contributed by atoms with van der Waals surface area (Å²) < 4.78 is 0.976. The molecule has 3 rings (SSSR count). The number of allylic oxidation sites excluding steroid dienone is 1. The maximum absolute atomic E-state index is 12.9. The van der Waals surface area contributed by atoms with E-state index in [0.717, 1.165) is 26.2 Å². The Morgan fingerprint density at radius 1 is 1.10 bits per heavy atom. The van der Waals surface area contributed by atoms with E-state index in [1.54, 1.807) is 11.8 Å². The molecule has 1 unspecified atom stereocenters. The fourth-order valence-corrected chi connectivity index (χ4v) is 4.03. The minimum atomic E-state index is -0.164. The highest BCUT2D eigenvalue weighted by atomic mass is 79.9. The first kappa shape index (κ1) is 14.4. The zero-order chi connectivity index (χ0) is 14.8. The first-order valence-electron chi connectivity index (χ1n) is 6.64. The first-order valence-corrected chi connectivity index (χ1v) is 8.31. The summed E-state index contributed by atoms with van der Waals surface area (Å²) in [7, 11) is 1.86. The molecule has 0 aliphatic carbocycles. The Labute approximate surface area is 136 Å². The number of benzene rings is 2. The lowest BCUT2D eigenvalue weighted by atomic mass is 9.97. The molecule has 0 amide bonds. The lowest BCUT2D eigenvalue weighted by Crippen LogP contribution is -2.07. The van der Waals surface area contributed by atoms with Crippen molar-refractivity contribution in [1.29, 1.82) is 0 Å². The summed E-state index contributed by atoms with van der Waals surface area (Å²) in [4.78, 5) is 12.9. The fraction of sp³-hybridized carbons (Fsp3) is 0.118. The van der Waals surface area contributed by atoms with Gasteiger partial charge in [0.15, 0.2) is 5.78 Å². The van der Waals surface area contributed by atoms with Crippen LogP contribution in [0.15, 0.2) is 64.1 Å². The van der Waals surface area contributed by atoms with E-state index in [1.165, 1.54) is 0 Å². The molecular weight excluding hydrogens is 346 g/mol. The van der Waals surface area contributed by atoms with Crippen LogP contribution in [0.1, 0.15) is 16.4 Å². The van der Waals surface area contributed by atoms with Crippen molar-refractivity contribution < 1.29 is 4.79 Å². The lowest BCUT2D eigenvalue weighted by Gasteiger charge is -2.08. The highest BCUT2D eigenvalue weighted by Gasteiger charge is 2.35. The summed E-state index contributed by atoms with van der Waals surface area (Å²) in [6.07, 6.45) is 0. The van der Waals surface area contributed by atoms with Crippen molar-refractivity contribution in [2.45, 2.75) is 5.25 Å². The van der Waals surface area contributed by atoms with Crippen LogP contribution in [0.25, 0.3) is 5.57 Å². The number of thioether (sulfide) groups is 1. The van der Waals surface area contributed by atoms with Gasteiger partial charge in [0.1, 0.15) is 0 Å². The number of hydrogen-bond acceptors (Lipinski definition) is 3. The number of hydrogen-bond donors (Lipinski definition) is 1. The molecule has 2 aromatic carbocycles. The fourth-order valence-electron chi connectivity index (χ4n) is 2.42. The third-order valence-corrected chi connectivity index (χ3v) is 5.25. The summed E-state index contributed by atoms with van der Waals surface area (Å²) in [6.45, 7) is 0. The Morgan fingerprint density at radius 2 is 1.86 bits per heavy atom. The molecule has 4 heteroatoms. The van der Waals surface area contributed by atoms with E-state index in [-0.39, 0.29) is 11.0 Å². The molecular formula is C17H14BrNOS. The maximum Gasteiger partial charge on any atom is 0.183 e. The van der Waals surface area contributed by atoms with Crippen LogP contribution in [-0.4, -0.2) is 12.8 Å². The number of ketones is 1. The zero-order valence-corrected chi connectivity index (χ0v) is 13.9. The molecule has 21 heavy (non-hydrogen) atoms. The van der Waals surface area contributed by atoms with Gasteiger partial charge in [0.05, 0.1) is 15.9 Å². The molecule has 2 nitrogen and oxygen atoms in total. The number of rotatable bonds is 3. The summed E-state index contributed by atoms with van der Waals surface area (Å²) in [5, 5.41) is 3.94. The van der Waals surface area contributed by atoms with Crippen LogP contribution >= 0.6 is 27.7 Å². The smallest absolute Gasteiger partial charge is 0.183 e. The number of carbonyl (C=O) groups is 1. The van der Waals surface area contributed by atoms with E-state index in [9.17, 15) is 4.79 Å². The predicted molar refractivity (Wildman–Crippen MR) is 91.9 cm³/mol. The average Bonchev–Trinajstić information content (AvgIpc) is 2.85. The molecule has 1 aliphatic rings. The Balaban J connectivity index is 2.01. The Morgan fingerprint density at radius 3 is 2.52 bits per heavy atom. The van der Waals surface area contributed by atoms with Crippen molar-refractivity contribution in [3.05, 3.63) is 75.2 Å². The molecule has 1 atom stereocenters. The first-order chi connectivity index (χ1) is 10.2. The summed E-state index contributed by atoms with van der Waals surface area (Å²) >= 11 is 5.05. The van der Waals surface area contributed by atoms with Gasteiger partial charge in [-0.05, 0) is 23.3 Å². The summed E-state index contributed by atoms with van der Waals surface area (Å²) in [5.41, 5.74) is 2.77. The Kier molecular flexibility index (Phi) is 4.17. The molecule has 1 aliphatic heterocycles. The highest BCUT2D eigenvalue weighted by molar-refractivity contribution is 9.10. The van der Waals surface area contributed by atoms with Gasteiger partial charge in [-0.25, -0.2) is 0 Å². The van der Waals surface area contributed by atoms with Gasteiger partial charge in [0, 0.05) is 11.5 Å². The van der Waals surface area contributed by atoms with E-state index >= 15 is 0 Å². The normalized spacial score (nSPS) is 18.2. The maximum atomic E-state index is 12.9. The third-order valence-electron chi connectivity index (χ3n) is 3.39. The number of Topliss-reactive ketones (excluding diaryl/α,β-unsaturated/α-hetero) is 1. The SMILES string of the molecule is CNC1=C(c2cccc(Br)c2)C(=O)C(c2ccccc2)S1. The van der Waals surface area contributed by atoms with Gasteiger partial charge in [-0.3, -0.25) is 4.79 Å². The van der Waals surface area contributed by atoms with Gasteiger partial charge in [-0.1, -0.05) is 70.2 Å². The van der Waals surface area contributed by atoms with E-state index in [0.29, 0.717) is 0 Å². The Bertz CT molecular complexity index is 712. The number of carbonyl (C=O) groups excluding carboxylic acids is 1. The van der Waals surface area contributed by atoms with Gasteiger partial charge in [0.2, 0.25) is 0 Å². The van der Waals surface area contributed by atoms with Crippen molar-refractivity contribution >= 4 is 39.0 Å².